The summed E-state index contributed by atoms with van der Waals surface area (Å²) in [5, 5.41) is 3.26. The zero-order chi connectivity index (χ0) is 32.5. The summed E-state index contributed by atoms with van der Waals surface area (Å²) in [5.74, 6) is 1.44. The fraction of sp³-hybridized carbons (Fsp3) is 0.951. The minimum absolute atomic E-state index is 0. The highest BCUT2D eigenvalue weighted by Crippen LogP contribution is 2.17. The number of carbonyl (C=O) groups excluding carboxylic acids is 1. The average Bonchev–Trinajstić information content (AvgIpc) is 3.51. The van der Waals surface area contributed by atoms with Crippen molar-refractivity contribution in [1.82, 2.24) is 10.2 Å². The van der Waals surface area contributed by atoms with Crippen molar-refractivity contribution in [2.75, 3.05) is 13.1 Å². The molecule has 0 aromatic carbocycles. The van der Waals surface area contributed by atoms with E-state index in [9.17, 15) is 4.79 Å². The van der Waals surface area contributed by atoms with E-state index in [-0.39, 0.29) is 24.5 Å². The summed E-state index contributed by atoms with van der Waals surface area (Å²) in [5.41, 5.74) is 0. The molecule has 4 nitrogen and oxygen atoms in total. The number of carbonyl (C=O) groups is 1. The molecule has 46 heavy (non-hydrogen) atoms. The molecule has 1 aliphatic rings. The summed E-state index contributed by atoms with van der Waals surface area (Å²) in [4.78, 5) is 19.7. The fourth-order valence-electron chi connectivity index (χ4n) is 7.02. The van der Waals surface area contributed by atoms with E-state index in [1.807, 2.05) is 0 Å². The monoisotopic (exact) mass is 668 g/mol. The number of aliphatic imine (C=N–C) groups is 1. The van der Waals surface area contributed by atoms with E-state index in [2.05, 4.69) is 31.0 Å². The van der Waals surface area contributed by atoms with Crippen LogP contribution in [0.1, 0.15) is 233 Å². The number of nitrogens with one attached hydrogen (secondary N) is 1. The Morgan fingerprint density at radius 1 is 0.565 bits per heavy atom. The van der Waals surface area contributed by atoms with E-state index in [0.29, 0.717) is 6.42 Å². The van der Waals surface area contributed by atoms with Gasteiger partial charge in [-0.1, -0.05) is 200 Å². The molecule has 1 atom stereocenters. The minimum atomic E-state index is 0. The number of amidine groups is 1. The van der Waals surface area contributed by atoms with E-state index < -0.39 is 0 Å². The summed E-state index contributed by atoms with van der Waals surface area (Å²) in [6.07, 6.45) is 44.7. The summed E-state index contributed by atoms with van der Waals surface area (Å²) in [6.45, 7) is 8.56. The Labute approximate surface area is 295 Å². The van der Waals surface area contributed by atoms with Crippen molar-refractivity contribution < 1.29 is 4.79 Å². The molecule has 1 aliphatic heterocycles. The molecule has 274 valence electrons. The lowest BCUT2D eigenvalue weighted by Gasteiger charge is -2.28. The zero-order valence-electron chi connectivity index (χ0n) is 31.5. The lowest BCUT2D eigenvalue weighted by atomic mass is 10.0. The molecule has 0 saturated heterocycles. The molecule has 1 heterocycles. The highest BCUT2D eigenvalue weighted by molar-refractivity contribution is 5.85. The van der Waals surface area contributed by atoms with Gasteiger partial charge in [-0.15, -0.1) is 12.4 Å². The van der Waals surface area contributed by atoms with Crippen LogP contribution in [0.15, 0.2) is 4.99 Å². The normalized spacial score (nSPS) is 13.5. The van der Waals surface area contributed by atoms with E-state index in [0.717, 1.165) is 25.9 Å². The van der Waals surface area contributed by atoms with Crippen molar-refractivity contribution in [3.8, 4) is 0 Å². The molecule has 0 bridgehead atoms. The third-order valence-electron chi connectivity index (χ3n) is 10.1. The maximum atomic E-state index is 12.6. The quantitative estimate of drug-likeness (QED) is 0.0683. The molecule has 1 unspecified atom stereocenters. The smallest absolute Gasteiger partial charge is 0.221 e. The largest absolute Gasteiger partial charge is 0.338 e. The number of hydrogen-bond acceptors (Lipinski definition) is 3. The second-order valence-corrected chi connectivity index (χ2v) is 14.5. The Morgan fingerprint density at radius 2 is 0.891 bits per heavy atom. The van der Waals surface area contributed by atoms with Crippen LogP contribution in [0.2, 0.25) is 0 Å². The third kappa shape index (κ3) is 28.3. The summed E-state index contributed by atoms with van der Waals surface area (Å²) >= 11 is 0. The van der Waals surface area contributed by atoms with Gasteiger partial charge in [0.2, 0.25) is 5.91 Å². The van der Waals surface area contributed by atoms with Gasteiger partial charge in [0.15, 0.2) is 0 Å². The van der Waals surface area contributed by atoms with Crippen LogP contribution >= 0.6 is 12.4 Å². The first-order valence-electron chi connectivity index (χ1n) is 20.8. The van der Waals surface area contributed by atoms with Gasteiger partial charge < -0.3 is 10.2 Å². The van der Waals surface area contributed by atoms with Gasteiger partial charge >= 0.3 is 0 Å². The molecular weight excluding hydrogens is 586 g/mol. The van der Waals surface area contributed by atoms with Crippen LogP contribution in [-0.2, 0) is 4.79 Å². The predicted octanol–water partition coefficient (Wildman–Crippen LogP) is 13.5. The lowest BCUT2D eigenvalue weighted by Crippen LogP contribution is -2.47. The maximum Gasteiger partial charge on any atom is 0.221 e. The van der Waals surface area contributed by atoms with Crippen LogP contribution in [0.25, 0.3) is 0 Å². The van der Waals surface area contributed by atoms with Crippen molar-refractivity contribution in [1.29, 1.82) is 0 Å². The van der Waals surface area contributed by atoms with Crippen molar-refractivity contribution in [2.45, 2.75) is 239 Å². The van der Waals surface area contributed by atoms with Gasteiger partial charge in [0.25, 0.3) is 0 Å². The molecule has 5 heteroatoms. The molecule has 1 amide bonds. The van der Waals surface area contributed by atoms with Crippen molar-refractivity contribution in [2.24, 2.45) is 4.99 Å². The Balaban J connectivity index is 0.0000202. The van der Waals surface area contributed by atoms with E-state index in [1.54, 1.807) is 0 Å². The van der Waals surface area contributed by atoms with Gasteiger partial charge in [-0.2, -0.15) is 0 Å². The highest BCUT2D eigenvalue weighted by Gasteiger charge is 2.22. The Bertz CT molecular complexity index is 670. The van der Waals surface area contributed by atoms with Crippen molar-refractivity contribution >= 4 is 24.1 Å². The Hall–Kier alpha value is -0.770. The first-order valence-corrected chi connectivity index (χ1v) is 20.8. The summed E-state index contributed by atoms with van der Waals surface area (Å²) in [6, 6.07) is 0. The van der Waals surface area contributed by atoms with Crippen molar-refractivity contribution in [3.05, 3.63) is 0 Å². The molecular formula is C41H82ClN3O. The predicted molar refractivity (Wildman–Crippen MR) is 208 cm³/mol. The number of halogens is 1. The average molecular weight is 669 g/mol. The first kappa shape index (κ1) is 45.2. The Kier molecular flexibility index (Phi) is 34.9. The van der Waals surface area contributed by atoms with Crippen LogP contribution in [0.4, 0.5) is 0 Å². The number of nitrogens with zero attached hydrogens (tertiary/aromatic N) is 2. The lowest BCUT2D eigenvalue weighted by molar-refractivity contribution is -0.122. The fourth-order valence-corrected chi connectivity index (χ4v) is 7.02. The van der Waals surface area contributed by atoms with E-state index in [4.69, 9.17) is 4.99 Å². The van der Waals surface area contributed by atoms with Gasteiger partial charge in [0.05, 0.1) is 12.7 Å². The zero-order valence-corrected chi connectivity index (χ0v) is 32.4. The second-order valence-electron chi connectivity index (χ2n) is 14.5. The molecule has 0 saturated carbocycles. The van der Waals surface area contributed by atoms with Gasteiger partial charge in [-0.25, -0.2) is 0 Å². The molecule has 0 aromatic rings. The van der Waals surface area contributed by atoms with Gasteiger partial charge in [0.1, 0.15) is 5.84 Å². The Morgan fingerprint density at radius 3 is 1.26 bits per heavy atom. The molecule has 1 rings (SSSR count). The summed E-state index contributed by atoms with van der Waals surface area (Å²) in [7, 11) is 0. The topological polar surface area (TPSA) is 44.7 Å². The number of amides is 1. The SMILES string of the molecule is CCCCCCCCCCCCCCCCCCC1=NCCN1C(C)NC(=O)CCCCCCCCCCCCCCCCC.Cl. The second kappa shape index (κ2) is 35.5. The van der Waals surface area contributed by atoms with Crippen LogP contribution in [0.5, 0.6) is 0 Å². The first-order chi connectivity index (χ1) is 22.2. The van der Waals surface area contributed by atoms with Gasteiger partial charge in [0, 0.05) is 19.4 Å². The highest BCUT2D eigenvalue weighted by atomic mass is 35.5. The number of rotatable bonds is 35. The number of unbranched alkanes of at least 4 members (excludes halogenated alkanes) is 29. The molecule has 0 radical (unpaired) electrons. The third-order valence-corrected chi connectivity index (χ3v) is 10.1. The molecule has 1 N–H and O–H groups in total. The van der Waals surface area contributed by atoms with Crippen LogP contribution in [-0.4, -0.2) is 35.9 Å². The van der Waals surface area contributed by atoms with Crippen LogP contribution < -0.4 is 5.32 Å². The van der Waals surface area contributed by atoms with Crippen LogP contribution in [0.3, 0.4) is 0 Å². The number of hydrogen-bond donors (Lipinski definition) is 1. The standard InChI is InChI=1S/C41H81N3O.ClH/c1-4-6-8-10-12-14-16-18-20-22-23-25-27-29-31-33-35-40-42-37-38-44(40)39(3)43-41(45)36-34-32-30-28-26-24-21-19-17-15-13-11-9-7-5-2;/h39H,4-38H2,1-3H3,(H,43,45);1H. The van der Waals surface area contributed by atoms with E-state index >= 15 is 0 Å². The van der Waals surface area contributed by atoms with Crippen molar-refractivity contribution in [3.63, 3.8) is 0 Å². The molecule has 0 spiro atoms. The van der Waals surface area contributed by atoms with Crippen LogP contribution in [0, 0.1) is 0 Å². The van der Waals surface area contributed by atoms with Gasteiger partial charge in [-0.3, -0.25) is 9.79 Å². The minimum Gasteiger partial charge on any atom is -0.338 e. The van der Waals surface area contributed by atoms with Gasteiger partial charge in [-0.05, 0) is 19.8 Å². The molecule has 0 aromatic heterocycles. The summed E-state index contributed by atoms with van der Waals surface area (Å²) < 4.78 is 0. The molecule has 0 fully saturated rings. The maximum absolute atomic E-state index is 12.6. The molecule has 0 aliphatic carbocycles. The van der Waals surface area contributed by atoms with E-state index in [1.165, 1.54) is 198 Å².